The minimum Gasteiger partial charge on any atom is -0.392 e. The summed E-state index contributed by atoms with van der Waals surface area (Å²) in [6.45, 7) is 6.59. The third-order valence-electron chi connectivity index (χ3n) is 3.47. The van der Waals surface area contributed by atoms with Crippen molar-refractivity contribution in [3.05, 3.63) is 21.9 Å². The van der Waals surface area contributed by atoms with Gasteiger partial charge in [0.1, 0.15) is 0 Å². The van der Waals surface area contributed by atoms with E-state index < -0.39 is 0 Å². The fraction of sp³-hybridized carbons (Fsp3) is 0.733. The van der Waals surface area contributed by atoms with Gasteiger partial charge in [-0.05, 0) is 30.9 Å². The summed E-state index contributed by atoms with van der Waals surface area (Å²) < 4.78 is 0. The van der Waals surface area contributed by atoms with Crippen molar-refractivity contribution in [1.29, 1.82) is 0 Å². The molecule has 2 unspecified atom stereocenters. The van der Waals surface area contributed by atoms with Gasteiger partial charge in [-0.2, -0.15) is 0 Å². The third kappa shape index (κ3) is 4.81. The molecule has 0 aliphatic carbocycles. The van der Waals surface area contributed by atoms with E-state index in [0.29, 0.717) is 5.92 Å². The molecule has 0 aromatic carbocycles. The quantitative estimate of drug-likeness (QED) is 0.727. The molecule has 0 saturated heterocycles. The van der Waals surface area contributed by atoms with Crippen LogP contribution in [0.2, 0.25) is 0 Å². The van der Waals surface area contributed by atoms with Crippen molar-refractivity contribution in [2.75, 3.05) is 0 Å². The predicted octanol–water partition coefficient (Wildman–Crippen LogP) is 4.43. The van der Waals surface area contributed by atoms with Gasteiger partial charge in [0, 0.05) is 16.2 Å². The molecule has 0 aliphatic heterocycles. The Kier molecular flexibility index (Phi) is 6.83. The summed E-state index contributed by atoms with van der Waals surface area (Å²) >= 11 is 1.85. The topological polar surface area (TPSA) is 20.2 Å². The van der Waals surface area contributed by atoms with Gasteiger partial charge in [0.05, 0.1) is 6.10 Å². The van der Waals surface area contributed by atoms with Gasteiger partial charge in [-0.25, -0.2) is 0 Å². The Bertz CT molecular complexity index is 306. The molecule has 98 valence electrons. The molecule has 0 radical (unpaired) electrons. The van der Waals surface area contributed by atoms with E-state index >= 15 is 0 Å². The molecular formula is C15H26OS. The van der Waals surface area contributed by atoms with Gasteiger partial charge in [-0.15, -0.1) is 11.3 Å². The number of aryl methyl sites for hydroxylation is 1. The Morgan fingerprint density at radius 3 is 2.41 bits per heavy atom. The van der Waals surface area contributed by atoms with E-state index in [-0.39, 0.29) is 6.10 Å². The highest BCUT2D eigenvalue weighted by Crippen LogP contribution is 2.24. The fourth-order valence-corrected chi connectivity index (χ4v) is 3.24. The van der Waals surface area contributed by atoms with Crippen molar-refractivity contribution in [3.63, 3.8) is 0 Å². The maximum Gasteiger partial charge on any atom is 0.0616 e. The third-order valence-corrected chi connectivity index (χ3v) is 4.72. The van der Waals surface area contributed by atoms with Crippen LogP contribution in [-0.2, 0) is 12.8 Å². The molecule has 1 nitrogen and oxygen atoms in total. The van der Waals surface area contributed by atoms with E-state index in [1.807, 2.05) is 11.3 Å². The largest absolute Gasteiger partial charge is 0.392 e. The van der Waals surface area contributed by atoms with Crippen LogP contribution in [0.15, 0.2) is 12.1 Å². The molecule has 0 fully saturated rings. The Hall–Kier alpha value is -0.340. The van der Waals surface area contributed by atoms with Gasteiger partial charge in [0.15, 0.2) is 0 Å². The highest BCUT2D eigenvalue weighted by atomic mass is 32.1. The number of rotatable bonds is 8. The number of aliphatic hydroxyl groups excluding tert-OH is 1. The first-order chi connectivity index (χ1) is 8.21. The van der Waals surface area contributed by atoms with Crippen LogP contribution in [0.4, 0.5) is 0 Å². The number of hydrogen-bond acceptors (Lipinski definition) is 2. The zero-order valence-electron chi connectivity index (χ0n) is 11.4. The summed E-state index contributed by atoms with van der Waals surface area (Å²) in [6.07, 6.45) is 6.51. The number of hydrogen-bond donors (Lipinski definition) is 1. The number of unbranched alkanes of at least 4 members (excludes halogenated alkanes) is 1. The van der Waals surface area contributed by atoms with Crippen molar-refractivity contribution in [2.24, 2.45) is 5.92 Å². The smallest absolute Gasteiger partial charge is 0.0616 e. The predicted molar refractivity (Wildman–Crippen MR) is 76.7 cm³/mol. The lowest BCUT2D eigenvalue weighted by Crippen LogP contribution is -2.22. The summed E-state index contributed by atoms with van der Waals surface area (Å²) in [5, 5.41) is 10.3. The summed E-state index contributed by atoms with van der Waals surface area (Å²) in [6, 6.07) is 4.37. The zero-order chi connectivity index (χ0) is 12.7. The van der Waals surface area contributed by atoms with Crippen LogP contribution in [0.25, 0.3) is 0 Å². The average molecular weight is 254 g/mol. The van der Waals surface area contributed by atoms with Crippen LogP contribution < -0.4 is 0 Å². The van der Waals surface area contributed by atoms with E-state index in [9.17, 15) is 5.11 Å². The Balaban J connectivity index is 2.47. The molecule has 1 heterocycles. The highest BCUT2D eigenvalue weighted by Gasteiger charge is 2.17. The average Bonchev–Trinajstić information content (AvgIpc) is 2.77. The van der Waals surface area contributed by atoms with Gasteiger partial charge in [-0.3, -0.25) is 0 Å². The zero-order valence-corrected chi connectivity index (χ0v) is 12.2. The maximum absolute atomic E-state index is 10.3. The van der Waals surface area contributed by atoms with E-state index in [1.54, 1.807) is 0 Å². The lowest BCUT2D eigenvalue weighted by Gasteiger charge is -2.20. The second-order valence-corrected chi connectivity index (χ2v) is 6.06. The van der Waals surface area contributed by atoms with Gasteiger partial charge in [-0.1, -0.05) is 40.0 Å². The standard InChI is InChI=1S/C15H26OS/c1-4-7-8-12(5-2)15(16)11-14-10-9-13(6-3)17-14/h9-10,12,15-16H,4-8,11H2,1-3H3. The van der Waals surface area contributed by atoms with Crippen LogP contribution in [0, 0.1) is 5.92 Å². The fourth-order valence-electron chi connectivity index (χ4n) is 2.23. The van der Waals surface area contributed by atoms with Crippen molar-refractivity contribution in [2.45, 2.75) is 65.4 Å². The van der Waals surface area contributed by atoms with Crippen molar-refractivity contribution in [3.8, 4) is 0 Å². The minimum absolute atomic E-state index is 0.157. The molecule has 1 N–H and O–H groups in total. The normalized spacial score (nSPS) is 14.8. The summed E-state index contributed by atoms with van der Waals surface area (Å²) in [4.78, 5) is 2.76. The highest BCUT2D eigenvalue weighted by molar-refractivity contribution is 7.11. The van der Waals surface area contributed by atoms with Gasteiger partial charge in [0.25, 0.3) is 0 Å². The van der Waals surface area contributed by atoms with Gasteiger partial charge in [0.2, 0.25) is 0 Å². The lowest BCUT2D eigenvalue weighted by molar-refractivity contribution is 0.0995. The van der Waals surface area contributed by atoms with Gasteiger partial charge < -0.3 is 5.11 Å². The summed E-state index contributed by atoms with van der Waals surface area (Å²) in [5.74, 6) is 0.474. The van der Waals surface area contributed by atoms with Crippen molar-refractivity contribution in [1.82, 2.24) is 0 Å². The van der Waals surface area contributed by atoms with Crippen LogP contribution in [0.1, 0.15) is 56.2 Å². The number of aliphatic hydroxyl groups is 1. The second-order valence-electron chi connectivity index (χ2n) is 4.80. The molecule has 1 aromatic rings. The molecular weight excluding hydrogens is 228 g/mol. The van der Waals surface area contributed by atoms with E-state index in [1.165, 1.54) is 29.0 Å². The van der Waals surface area contributed by atoms with E-state index in [4.69, 9.17) is 0 Å². The van der Waals surface area contributed by atoms with Crippen molar-refractivity contribution < 1.29 is 5.11 Å². The second kappa shape index (κ2) is 7.88. The molecule has 0 saturated carbocycles. The van der Waals surface area contributed by atoms with Crippen molar-refractivity contribution >= 4 is 11.3 Å². The van der Waals surface area contributed by atoms with E-state index in [0.717, 1.165) is 19.3 Å². The molecule has 0 bridgehead atoms. The molecule has 2 atom stereocenters. The molecule has 1 rings (SSSR count). The molecule has 1 aromatic heterocycles. The van der Waals surface area contributed by atoms with Gasteiger partial charge >= 0.3 is 0 Å². The van der Waals surface area contributed by atoms with Crippen LogP contribution in [0.3, 0.4) is 0 Å². The lowest BCUT2D eigenvalue weighted by atomic mass is 9.91. The number of thiophene rings is 1. The molecule has 17 heavy (non-hydrogen) atoms. The molecule has 2 heteroatoms. The summed E-state index contributed by atoms with van der Waals surface area (Å²) in [5.41, 5.74) is 0. The first-order valence-electron chi connectivity index (χ1n) is 6.96. The monoisotopic (exact) mass is 254 g/mol. The Morgan fingerprint density at radius 2 is 1.88 bits per heavy atom. The van der Waals surface area contributed by atoms with Crippen LogP contribution in [0.5, 0.6) is 0 Å². The minimum atomic E-state index is -0.157. The molecule has 0 spiro atoms. The Labute approximate surface area is 110 Å². The first kappa shape index (κ1) is 14.7. The summed E-state index contributed by atoms with van der Waals surface area (Å²) in [7, 11) is 0. The van der Waals surface area contributed by atoms with Crippen LogP contribution >= 0.6 is 11.3 Å². The maximum atomic E-state index is 10.3. The molecule has 0 aliphatic rings. The van der Waals surface area contributed by atoms with E-state index in [2.05, 4.69) is 32.9 Å². The molecule has 0 amide bonds. The van der Waals surface area contributed by atoms with Crippen LogP contribution in [-0.4, -0.2) is 11.2 Å². The Morgan fingerprint density at radius 1 is 1.18 bits per heavy atom. The SMILES string of the molecule is CCCCC(CC)C(O)Cc1ccc(CC)s1. The first-order valence-corrected chi connectivity index (χ1v) is 7.78.